The fourth-order valence-corrected chi connectivity index (χ4v) is 7.48. The molecular formula is C33H24ClN5O2. The normalized spacial score (nSPS) is 24.1. The third kappa shape index (κ3) is 3.21. The molecule has 2 atom stereocenters. The summed E-state index contributed by atoms with van der Waals surface area (Å²) >= 11 is 6.36. The van der Waals surface area contributed by atoms with Crippen LogP contribution < -0.4 is 10.3 Å². The Labute approximate surface area is 240 Å². The van der Waals surface area contributed by atoms with Gasteiger partial charge in [0.15, 0.2) is 0 Å². The van der Waals surface area contributed by atoms with Crippen molar-refractivity contribution < 1.29 is 9.59 Å². The maximum Gasteiger partial charge on any atom is 0.239 e. The monoisotopic (exact) mass is 557 g/mol. The fraction of sp³-hybridized carbons (Fsp3) is 0.152. The summed E-state index contributed by atoms with van der Waals surface area (Å²) in [5, 5.41) is 5.18. The number of carbonyl (C=O) groups excluding carboxylic acids is 2. The average molecular weight is 558 g/mol. The average Bonchev–Trinajstić information content (AvgIpc) is 3.53. The molecule has 7 nitrogen and oxygen atoms in total. The topological polar surface area (TPSA) is 90.4 Å². The third-order valence-electron chi connectivity index (χ3n) is 8.92. The first-order chi connectivity index (χ1) is 20.0. The molecule has 5 aromatic rings. The molecule has 3 aliphatic carbocycles. The highest BCUT2D eigenvalue weighted by Crippen LogP contribution is 2.63. The molecule has 200 valence electrons. The Bertz CT molecular complexity index is 1860. The summed E-state index contributed by atoms with van der Waals surface area (Å²) in [6.45, 7) is 1.89. The summed E-state index contributed by atoms with van der Waals surface area (Å²) in [5.41, 5.74) is 9.22. The molecule has 41 heavy (non-hydrogen) atoms. The van der Waals surface area contributed by atoms with Crippen LogP contribution >= 0.6 is 11.6 Å². The molecule has 9 rings (SSSR count). The predicted molar refractivity (Wildman–Crippen MR) is 159 cm³/mol. The highest BCUT2D eigenvalue weighted by atomic mass is 35.5. The Morgan fingerprint density at radius 3 is 2.34 bits per heavy atom. The zero-order valence-corrected chi connectivity index (χ0v) is 22.8. The van der Waals surface area contributed by atoms with Gasteiger partial charge in [-0.25, -0.2) is 15.3 Å². The number of benzene rings is 4. The molecule has 2 amide bonds. The van der Waals surface area contributed by atoms with Gasteiger partial charge in [-0.05, 0) is 59.0 Å². The number of carbonyl (C=O) groups is 2. The first-order valence-corrected chi connectivity index (χ1v) is 13.9. The molecule has 4 aromatic carbocycles. The minimum absolute atomic E-state index is 0.206. The Morgan fingerprint density at radius 2 is 1.61 bits per heavy atom. The van der Waals surface area contributed by atoms with E-state index in [1.165, 1.54) is 4.90 Å². The summed E-state index contributed by atoms with van der Waals surface area (Å²) < 4.78 is 0. The molecule has 0 unspecified atom stereocenters. The van der Waals surface area contributed by atoms with Gasteiger partial charge in [-0.1, -0.05) is 78.3 Å². The maximum atomic E-state index is 14.5. The number of imide groups is 1. The van der Waals surface area contributed by atoms with Gasteiger partial charge in [0.2, 0.25) is 17.8 Å². The molecule has 0 spiro atoms. The van der Waals surface area contributed by atoms with E-state index < -0.39 is 17.3 Å². The second-order valence-electron chi connectivity index (χ2n) is 10.9. The number of fused-ring (bicyclic) bond motifs is 1. The molecule has 4 aliphatic rings. The number of H-pyrrole nitrogens is 1. The quantitative estimate of drug-likeness (QED) is 0.157. The number of aromatic amines is 1. The van der Waals surface area contributed by atoms with Gasteiger partial charge in [-0.15, -0.1) is 0 Å². The second kappa shape index (κ2) is 8.62. The smallest absolute Gasteiger partial charge is 0.239 e. The number of nitrogens with one attached hydrogen (secondary N) is 2. The molecule has 8 heteroatoms. The van der Waals surface area contributed by atoms with E-state index >= 15 is 0 Å². The number of aryl methyl sites for hydroxylation is 1. The number of hydrogen-bond acceptors (Lipinski definition) is 5. The summed E-state index contributed by atoms with van der Waals surface area (Å²) in [4.78, 5) is 38.1. The van der Waals surface area contributed by atoms with Gasteiger partial charge in [0.1, 0.15) is 0 Å². The molecule has 1 fully saturated rings. The van der Waals surface area contributed by atoms with Crippen LogP contribution in [-0.4, -0.2) is 28.0 Å². The summed E-state index contributed by atoms with van der Waals surface area (Å²) in [6, 6.07) is 29.3. The Balaban J connectivity index is 1.33. The molecule has 1 saturated heterocycles. The van der Waals surface area contributed by atoms with Crippen molar-refractivity contribution in [3.8, 4) is 0 Å². The van der Waals surface area contributed by atoms with E-state index in [2.05, 4.69) is 39.7 Å². The van der Waals surface area contributed by atoms with Gasteiger partial charge in [-0.2, -0.15) is 5.10 Å². The van der Waals surface area contributed by atoms with Crippen molar-refractivity contribution in [1.29, 1.82) is 0 Å². The number of amides is 2. The number of imidazole rings is 1. The lowest BCUT2D eigenvalue weighted by Gasteiger charge is -2.52. The van der Waals surface area contributed by atoms with Crippen molar-refractivity contribution in [1.82, 2.24) is 9.97 Å². The first-order valence-electron chi connectivity index (χ1n) is 13.6. The molecular weight excluding hydrogens is 534 g/mol. The number of nitrogens with zero attached hydrogens (tertiary/aromatic N) is 3. The summed E-state index contributed by atoms with van der Waals surface area (Å²) in [7, 11) is 0. The predicted octanol–water partition coefficient (Wildman–Crippen LogP) is 6.17. The minimum Gasteiger partial charge on any atom is -0.323 e. The Kier molecular flexibility index (Phi) is 5.06. The molecule has 0 radical (unpaired) electrons. The highest BCUT2D eigenvalue weighted by Gasteiger charge is 2.68. The molecule has 1 aliphatic heterocycles. The van der Waals surface area contributed by atoms with E-state index in [4.69, 9.17) is 16.7 Å². The van der Waals surface area contributed by atoms with Crippen LogP contribution in [0.1, 0.15) is 33.7 Å². The van der Waals surface area contributed by atoms with Crippen molar-refractivity contribution in [2.24, 2.45) is 16.9 Å². The number of rotatable bonds is 4. The number of para-hydroxylation sites is 2. The standard InChI is InChI=1S/C33H24ClN5O2/c1-18-14-15-19(34)16-26(18)39-30(40)28-27-20-8-2-4-10-22(20)33(29(28)31(39)41,23-11-5-3-9-21(23)27)17-35-38-32-36-24-12-6-7-13-25(24)37-32/h2-17,27-29H,1H3,(H2,36,37,38)/b35-17-/t27?,28-,29-,33?/m1/s1. The molecule has 0 saturated carbocycles. The van der Waals surface area contributed by atoms with E-state index in [9.17, 15) is 9.59 Å². The van der Waals surface area contributed by atoms with E-state index in [0.717, 1.165) is 38.9 Å². The Hall–Kier alpha value is -4.75. The van der Waals surface area contributed by atoms with Crippen LogP contribution in [0.25, 0.3) is 11.0 Å². The second-order valence-corrected chi connectivity index (χ2v) is 11.4. The lowest BCUT2D eigenvalue weighted by Crippen LogP contribution is -2.54. The van der Waals surface area contributed by atoms with E-state index in [0.29, 0.717) is 16.7 Å². The summed E-state index contributed by atoms with van der Waals surface area (Å²) in [6.07, 6.45) is 1.81. The molecule has 2 heterocycles. The number of aromatic nitrogens is 2. The maximum absolute atomic E-state index is 14.5. The van der Waals surface area contributed by atoms with Gasteiger partial charge < -0.3 is 4.98 Å². The Morgan fingerprint density at radius 1 is 0.927 bits per heavy atom. The van der Waals surface area contributed by atoms with Crippen LogP contribution in [0.3, 0.4) is 0 Å². The first kappa shape index (κ1) is 24.1. The fourth-order valence-electron chi connectivity index (χ4n) is 7.31. The van der Waals surface area contributed by atoms with Crippen molar-refractivity contribution in [3.63, 3.8) is 0 Å². The number of hydrazone groups is 1. The van der Waals surface area contributed by atoms with Crippen molar-refractivity contribution in [2.75, 3.05) is 10.3 Å². The lowest BCUT2D eigenvalue weighted by molar-refractivity contribution is -0.122. The van der Waals surface area contributed by atoms with Crippen molar-refractivity contribution in [3.05, 3.63) is 124 Å². The van der Waals surface area contributed by atoms with Gasteiger partial charge in [0.25, 0.3) is 0 Å². The van der Waals surface area contributed by atoms with Crippen molar-refractivity contribution >= 4 is 52.3 Å². The zero-order valence-electron chi connectivity index (χ0n) is 22.0. The third-order valence-corrected chi connectivity index (χ3v) is 9.16. The molecule has 2 bridgehead atoms. The van der Waals surface area contributed by atoms with Gasteiger partial charge >= 0.3 is 0 Å². The summed E-state index contributed by atoms with van der Waals surface area (Å²) in [5.74, 6) is -1.46. The SMILES string of the molecule is Cc1ccc(Cl)cc1N1C(=O)[C@@H]2C3c4ccccc4C(/C=N\Nc4nc5ccccc5[nH]4)(c4ccccc43)[C@H]2C1=O. The zero-order chi connectivity index (χ0) is 27.9. The number of hydrogen-bond donors (Lipinski definition) is 2. The lowest BCUT2D eigenvalue weighted by atomic mass is 9.47. The van der Waals surface area contributed by atoms with Crippen LogP contribution in [0.2, 0.25) is 5.02 Å². The van der Waals surface area contributed by atoms with Gasteiger partial charge in [0.05, 0.1) is 34.0 Å². The van der Waals surface area contributed by atoms with Crippen molar-refractivity contribution in [2.45, 2.75) is 18.3 Å². The van der Waals surface area contributed by atoms with Crippen LogP contribution in [-0.2, 0) is 15.0 Å². The van der Waals surface area contributed by atoms with E-state index in [-0.39, 0.29) is 17.7 Å². The number of halogens is 1. The minimum atomic E-state index is -0.973. The molecule has 2 N–H and O–H groups in total. The van der Waals surface area contributed by atoms with E-state index in [1.54, 1.807) is 12.1 Å². The largest absolute Gasteiger partial charge is 0.323 e. The van der Waals surface area contributed by atoms with Gasteiger partial charge in [0, 0.05) is 17.2 Å². The van der Waals surface area contributed by atoms with Crippen LogP contribution in [0, 0.1) is 18.8 Å². The highest BCUT2D eigenvalue weighted by molar-refractivity contribution is 6.31. The number of anilines is 2. The van der Waals surface area contributed by atoms with Crippen LogP contribution in [0.5, 0.6) is 0 Å². The van der Waals surface area contributed by atoms with E-state index in [1.807, 2.05) is 67.7 Å². The van der Waals surface area contributed by atoms with Gasteiger partial charge in [-0.3, -0.25) is 9.59 Å². The van der Waals surface area contributed by atoms with Crippen LogP contribution in [0.4, 0.5) is 11.6 Å². The van der Waals surface area contributed by atoms with Crippen LogP contribution in [0.15, 0.2) is 96.1 Å². The molecule has 1 aromatic heterocycles.